The number of ether oxygens (including phenoxy) is 1. The molecule has 5 nitrogen and oxygen atoms in total. The van der Waals surface area contributed by atoms with Gasteiger partial charge < -0.3 is 15.4 Å². The van der Waals surface area contributed by atoms with Crippen LogP contribution in [0.1, 0.15) is 28.8 Å². The molecule has 0 unspecified atom stereocenters. The number of anilines is 2. The lowest BCUT2D eigenvalue weighted by Crippen LogP contribution is -2.37. The summed E-state index contributed by atoms with van der Waals surface area (Å²) in [6.45, 7) is 1.31. The molecule has 0 amide bonds. The van der Waals surface area contributed by atoms with Gasteiger partial charge in [-0.3, -0.25) is 4.79 Å². The van der Waals surface area contributed by atoms with Crippen LogP contribution in [0.2, 0.25) is 0 Å². The number of ketones is 1. The average Bonchev–Trinajstić information content (AvgIpc) is 2.67. The Balaban J connectivity index is 1.69. The van der Waals surface area contributed by atoms with Crippen molar-refractivity contribution in [3.05, 3.63) is 53.3 Å². The highest BCUT2D eigenvalue weighted by atomic mass is 19.1. The van der Waals surface area contributed by atoms with Gasteiger partial charge in [-0.15, -0.1) is 0 Å². The molecule has 0 saturated carbocycles. The van der Waals surface area contributed by atoms with Crippen LogP contribution in [0.3, 0.4) is 0 Å². The summed E-state index contributed by atoms with van der Waals surface area (Å²) >= 11 is 0. The third-order valence-corrected chi connectivity index (χ3v) is 4.80. The van der Waals surface area contributed by atoms with Gasteiger partial charge in [0.15, 0.2) is 5.78 Å². The largest absolute Gasteiger partial charge is 0.497 e. The molecule has 6 heteroatoms. The van der Waals surface area contributed by atoms with Crippen LogP contribution in [0, 0.1) is 23.1 Å². The maximum atomic E-state index is 14.2. The fourth-order valence-electron chi connectivity index (χ4n) is 3.34. The normalized spacial score (nSPS) is 14.7. The monoisotopic (exact) mass is 353 g/mol. The number of carbonyl (C=O) groups excluding carboxylic acids is 1. The van der Waals surface area contributed by atoms with Crippen LogP contribution < -0.4 is 15.4 Å². The second kappa shape index (κ2) is 7.44. The van der Waals surface area contributed by atoms with Gasteiger partial charge in [-0.05, 0) is 43.2 Å². The molecule has 2 aromatic rings. The Labute approximate surface area is 151 Å². The number of nitrogen functional groups attached to an aromatic ring is 1. The van der Waals surface area contributed by atoms with E-state index in [1.807, 2.05) is 6.07 Å². The summed E-state index contributed by atoms with van der Waals surface area (Å²) in [6, 6.07) is 11.6. The van der Waals surface area contributed by atoms with Crippen LogP contribution >= 0.6 is 0 Å². The lowest BCUT2D eigenvalue weighted by molar-refractivity contribution is 0.0896. The summed E-state index contributed by atoms with van der Waals surface area (Å²) in [5, 5.41) is 8.93. The summed E-state index contributed by atoms with van der Waals surface area (Å²) in [5.41, 5.74) is 8.09. The van der Waals surface area contributed by atoms with E-state index in [4.69, 9.17) is 15.7 Å². The SMILES string of the molecule is COc1ccc(C(=O)C2CCN(c3ccc(C#N)cc3N)CC2)c(F)c1. The molecule has 0 aromatic heterocycles. The Hall–Kier alpha value is -3.07. The topological polar surface area (TPSA) is 79.3 Å². The molecule has 1 aliphatic heterocycles. The predicted octanol–water partition coefficient (Wildman–Crippen LogP) is 3.39. The number of nitrogens with zero attached hydrogens (tertiary/aromatic N) is 2. The van der Waals surface area contributed by atoms with Crippen LogP contribution in [0.15, 0.2) is 36.4 Å². The van der Waals surface area contributed by atoms with Crippen molar-refractivity contribution in [2.24, 2.45) is 5.92 Å². The van der Waals surface area contributed by atoms with Crippen LogP contribution in [0.4, 0.5) is 15.8 Å². The highest BCUT2D eigenvalue weighted by Crippen LogP contribution is 2.30. The second-order valence-electron chi connectivity index (χ2n) is 6.36. The molecule has 1 heterocycles. The molecule has 0 radical (unpaired) electrons. The number of rotatable bonds is 4. The standard InChI is InChI=1S/C20H20FN3O2/c1-26-15-3-4-16(17(21)11-15)20(25)14-6-8-24(9-7-14)19-5-2-13(12-22)10-18(19)23/h2-5,10-11,14H,6-9,23H2,1H3. The molecule has 134 valence electrons. The first-order valence-corrected chi connectivity index (χ1v) is 8.46. The maximum Gasteiger partial charge on any atom is 0.169 e. The minimum atomic E-state index is -0.548. The smallest absolute Gasteiger partial charge is 0.169 e. The van der Waals surface area contributed by atoms with Gasteiger partial charge in [0.25, 0.3) is 0 Å². The Morgan fingerprint density at radius 1 is 1.27 bits per heavy atom. The number of nitrogens with two attached hydrogens (primary N) is 1. The number of nitriles is 1. The van der Waals surface area contributed by atoms with Crippen LogP contribution in [0.25, 0.3) is 0 Å². The van der Waals surface area contributed by atoms with Crippen molar-refractivity contribution >= 4 is 17.2 Å². The third kappa shape index (κ3) is 3.47. The van der Waals surface area contributed by atoms with Crippen LogP contribution in [0.5, 0.6) is 5.75 Å². The van der Waals surface area contributed by atoms with E-state index in [1.54, 1.807) is 18.2 Å². The number of hydrogen-bond acceptors (Lipinski definition) is 5. The van der Waals surface area contributed by atoms with Gasteiger partial charge in [0.1, 0.15) is 11.6 Å². The van der Waals surface area contributed by atoms with E-state index >= 15 is 0 Å². The van der Waals surface area contributed by atoms with E-state index in [1.165, 1.54) is 19.2 Å². The Morgan fingerprint density at radius 3 is 2.58 bits per heavy atom. The first-order chi connectivity index (χ1) is 12.5. The van der Waals surface area contributed by atoms with Crippen molar-refractivity contribution in [3.63, 3.8) is 0 Å². The van der Waals surface area contributed by atoms with E-state index in [9.17, 15) is 9.18 Å². The average molecular weight is 353 g/mol. The molecular formula is C20H20FN3O2. The molecule has 1 fully saturated rings. The second-order valence-corrected chi connectivity index (χ2v) is 6.36. The quantitative estimate of drug-likeness (QED) is 0.673. The molecule has 26 heavy (non-hydrogen) atoms. The van der Waals surface area contributed by atoms with Gasteiger partial charge in [0.2, 0.25) is 0 Å². The molecule has 1 aliphatic rings. The molecule has 2 N–H and O–H groups in total. The van der Waals surface area contributed by atoms with E-state index in [-0.39, 0.29) is 17.3 Å². The van der Waals surface area contributed by atoms with Crippen molar-refractivity contribution in [2.75, 3.05) is 30.8 Å². The highest BCUT2D eigenvalue weighted by Gasteiger charge is 2.28. The van der Waals surface area contributed by atoms with Crippen molar-refractivity contribution in [2.45, 2.75) is 12.8 Å². The van der Waals surface area contributed by atoms with E-state index in [0.717, 1.165) is 5.69 Å². The van der Waals surface area contributed by atoms with Crippen molar-refractivity contribution < 1.29 is 13.9 Å². The van der Waals surface area contributed by atoms with Gasteiger partial charge in [0, 0.05) is 25.1 Å². The summed E-state index contributed by atoms with van der Waals surface area (Å²) in [4.78, 5) is 14.8. The number of carbonyl (C=O) groups is 1. The molecule has 1 saturated heterocycles. The van der Waals surface area contributed by atoms with Crippen molar-refractivity contribution in [3.8, 4) is 11.8 Å². The molecule has 0 bridgehead atoms. The number of methoxy groups -OCH3 is 1. The fourth-order valence-corrected chi connectivity index (χ4v) is 3.34. The number of benzene rings is 2. The number of hydrogen-bond donors (Lipinski definition) is 1. The van der Waals surface area contributed by atoms with Gasteiger partial charge in [-0.2, -0.15) is 5.26 Å². The number of Topliss-reactive ketones (excluding diaryl/α,β-unsaturated/α-hetero) is 1. The zero-order chi connectivity index (χ0) is 18.7. The van der Waals surface area contributed by atoms with E-state index in [2.05, 4.69) is 11.0 Å². The van der Waals surface area contributed by atoms with Crippen molar-refractivity contribution in [1.29, 1.82) is 5.26 Å². The third-order valence-electron chi connectivity index (χ3n) is 4.80. The summed E-state index contributed by atoms with van der Waals surface area (Å²) in [5.74, 6) is -0.537. The Kier molecular flexibility index (Phi) is 5.08. The lowest BCUT2D eigenvalue weighted by atomic mass is 9.88. The zero-order valence-corrected chi connectivity index (χ0v) is 14.5. The minimum Gasteiger partial charge on any atom is -0.497 e. The van der Waals surface area contributed by atoms with E-state index < -0.39 is 5.82 Å². The van der Waals surface area contributed by atoms with Gasteiger partial charge in [-0.25, -0.2) is 4.39 Å². The molecule has 0 atom stereocenters. The lowest BCUT2D eigenvalue weighted by Gasteiger charge is -2.33. The predicted molar refractivity (Wildman–Crippen MR) is 97.8 cm³/mol. The first kappa shape index (κ1) is 17.7. The first-order valence-electron chi connectivity index (χ1n) is 8.46. The summed E-state index contributed by atoms with van der Waals surface area (Å²) < 4.78 is 19.1. The molecular weight excluding hydrogens is 333 g/mol. The van der Waals surface area contributed by atoms with Crippen molar-refractivity contribution in [1.82, 2.24) is 0 Å². The molecule has 0 spiro atoms. The molecule has 0 aliphatic carbocycles. The molecule has 3 rings (SSSR count). The van der Waals surface area contributed by atoms with Gasteiger partial charge >= 0.3 is 0 Å². The maximum absolute atomic E-state index is 14.2. The van der Waals surface area contributed by atoms with E-state index in [0.29, 0.717) is 42.9 Å². The summed E-state index contributed by atoms with van der Waals surface area (Å²) in [7, 11) is 1.46. The summed E-state index contributed by atoms with van der Waals surface area (Å²) in [6.07, 6.45) is 1.26. The molecule has 2 aromatic carbocycles. The van der Waals surface area contributed by atoms with Gasteiger partial charge in [-0.1, -0.05) is 0 Å². The Bertz CT molecular complexity index is 868. The van der Waals surface area contributed by atoms with Gasteiger partial charge in [0.05, 0.1) is 35.7 Å². The number of halogens is 1. The number of piperidine rings is 1. The fraction of sp³-hybridized carbons (Fsp3) is 0.300. The Morgan fingerprint density at radius 2 is 2.00 bits per heavy atom. The zero-order valence-electron chi connectivity index (χ0n) is 14.5. The minimum absolute atomic E-state index is 0.113. The highest BCUT2D eigenvalue weighted by molar-refractivity contribution is 5.98. The van der Waals surface area contributed by atoms with Crippen LogP contribution in [-0.2, 0) is 0 Å². The van der Waals surface area contributed by atoms with Crippen LogP contribution in [-0.4, -0.2) is 26.0 Å².